The van der Waals surface area contributed by atoms with Gasteiger partial charge in [-0.15, -0.1) is 0 Å². The van der Waals surface area contributed by atoms with Crippen molar-refractivity contribution >= 4 is 17.9 Å². The topological polar surface area (TPSA) is 53.5 Å². The van der Waals surface area contributed by atoms with Gasteiger partial charge in [0.2, 0.25) is 11.8 Å². The molecular weight excluding hydrogens is 362 g/mol. The van der Waals surface area contributed by atoms with Crippen LogP contribution in [0.15, 0.2) is 60.9 Å². The Kier molecular flexibility index (Phi) is 7.17. The molecule has 1 fully saturated rings. The van der Waals surface area contributed by atoms with Gasteiger partial charge in [0.05, 0.1) is 0 Å². The highest BCUT2D eigenvalue weighted by atomic mass is 16.2. The summed E-state index contributed by atoms with van der Waals surface area (Å²) in [5.74, 6) is -0.111. The van der Waals surface area contributed by atoms with Gasteiger partial charge in [0.1, 0.15) is 6.04 Å². The van der Waals surface area contributed by atoms with Gasteiger partial charge in [-0.1, -0.05) is 50.2 Å². The summed E-state index contributed by atoms with van der Waals surface area (Å²) in [7, 11) is 0. The number of carbonyl (C=O) groups excluding carboxylic acids is 2. The first-order valence-corrected chi connectivity index (χ1v) is 10.3. The van der Waals surface area contributed by atoms with E-state index in [1.165, 1.54) is 0 Å². The van der Waals surface area contributed by atoms with Crippen LogP contribution in [-0.2, 0) is 16.1 Å². The molecule has 0 N–H and O–H groups in total. The van der Waals surface area contributed by atoms with E-state index in [4.69, 9.17) is 0 Å². The minimum atomic E-state index is -0.499. The van der Waals surface area contributed by atoms with Gasteiger partial charge in [0, 0.05) is 38.1 Å². The Hall–Kier alpha value is -2.95. The fraction of sp³-hybridized carbons (Fsp3) is 0.375. The molecule has 5 nitrogen and oxygen atoms in total. The first-order chi connectivity index (χ1) is 14.1. The summed E-state index contributed by atoms with van der Waals surface area (Å²) in [6.07, 6.45) is 8.88. The largest absolute Gasteiger partial charge is 0.341 e. The van der Waals surface area contributed by atoms with Crippen LogP contribution < -0.4 is 0 Å². The van der Waals surface area contributed by atoms with E-state index in [-0.39, 0.29) is 17.7 Å². The molecule has 1 aromatic heterocycles. The second kappa shape index (κ2) is 10.0. The van der Waals surface area contributed by atoms with Gasteiger partial charge < -0.3 is 9.80 Å². The minimum Gasteiger partial charge on any atom is -0.341 e. The Labute approximate surface area is 173 Å². The van der Waals surface area contributed by atoms with Gasteiger partial charge in [-0.25, -0.2) is 0 Å². The molecule has 2 aromatic rings. The molecule has 1 saturated heterocycles. The van der Waals surface area contributed by atoms with Gasteiger partial charge >= 0.3 is 0 Å². The SMILES string of the molecule is CC(C)C(C(=O)N1CCCC1)N(Cc1cccnc1)C(=O)/C=C/c1ccccc1. The highest BCUT2D eigenvalue weighted by Gasteiger charge is 2.35. The molecule has 2 heterocycles. The van der Waals surface area contributed by atoms with Gasteiger partial charge in [-0.05, 0) is 42.0 Å². The van der Waals surface area contributed by atoms with Crippen LogP contribution in [0.4, 0.5) is 0 Å². The van der Waals surface area contributed by atoms with Crippen molar-refractivity contribution < 1.29 is 9.59 Å². The standard InChI is InChI=1S/C24H29N3O2/c1-19(2)23(24(29)26-15-6-7-16-26)27(18-21-11-8-14-25-17-21)22(28)13-12-20-9-4-3-5-10-20/h3-5,8-14,17,19,23H,6-7,15-16,18H2,1-2H3/b13-12+. The molecule has 2 amide bonds. The zero-order chi connectivity index (χ0) is 20.6. The Morgan fingerprint density at radius 3 is 2.45 bits per heavy atom. The van der Waals surface area contributed by atoms with E-state index >= 15 is 0 Å². The third-order valence-electron chi connectivity index (χ3n) is 5.21. The van der Waals surface area contributed by atoms with Gasteiger partial charge in [-0.3, -0.25) is 14.6 Å². The van der Waals surface area contributed by atoms with Crippen LogP contribution in [0.2, 0.25) is 0 Å². The van der Waals surface area contributed by atoms with E-state index < -0.39 is 6.04 Å². The monoisotopic (exact) mass is 391 g/mol. The number of carbonyl (C=O) groups is 2. The molecule has 0 saturated carbocycles. The summed E-state index contributed by atoms with van der Waals surface area (Å²) in [5, 5.41) is 0. The van der Waals surface area contributed by atoms with Crippen molar-refractivity contribution in [1.29, 1.82) is 0 Å². The predicted octanol–water partition coefficient (Wildman–Crippen LogP) is 3.77. The number of aromatic nitrogens is 1. The quantitative estimate of drug-likeness (QED) is 0.675. The summed E-state index contributed by atoms with van der Waals surface area (Å²) < 4.78 is 0. The van der Waals surface area contributed by atoms with E-state index in [2.05, 4.69) is 4.98 Å². The van der Waals surface area contributed by atoms with Crippen molar-refractivity contribution in [2.24, 2.45) is 5.92 Å². The maximum absolute atomic E-state index is 13.3. The zero-order valence-corrected chi connectivity index (χ0v) is 17.2. The zero-order valence-electron chi connectivity index (χ0n) is 17.2. The van der Waals surface area contributed by atoms with Crippen molar-refractivity contribution in [3.05, 3.63) is 72.1 Å². The summed E-state index contributed by atoms with van der Waals surface area (Å²) in [5.41, 5.74) is 1.86. The lowest BCUT2D eigenvalue weighted by molar-refractivity contribution is -0.145. The van der Waals surface area contributed by atoms with E-state index in [0.717, 1.165) is 37.1 Å². The van der Waals surface area contributed by atoms with Crippen molar-refractivity contribution in [2.75, 3.05) is 13.1 Å². The van der Waals surface area contributed by atoms with Crippen LogP contribution in [0.5, 0.6) is 0 Å². The van der Waals surface area contributed by atoms with E-state index in [1.807, 2.05) is 61.2 Å². The molecule has 1 atom stereocenters. The summed E-state index contributed by atoms with van der Waals surface area (Å²) >= 11 is 0. The number of hydrogen-bond donors (Lipinski definition) is 0. The van der Waals surface area contributed by atoms with Crippen LogP contribution in [0.25, 0.3) is 6.08 Å². The smallest absolute Gasteiger partial charge is 0.247 e. The molecule has 0 aliphatic carbocycles. The van der Waals surface area contributed by atoms with Crippen LogP contribution in [0.3, 0.4) is 0 Å². The van der Waals surface area contributed by atoms with Crippen molar-refractivity contribution in [3.8, 4) is 0 Å². The molecule has 1 unspecified atom stereocenters. The maximum Gasteiger partial charge on any atom is 0.247 e. The Bertz CT molecular complexity index is 828. The minimum absolute atomic E-state index is 0.00819. The number of nitrogens with zero attached hydrogens (tertiary/aromatic N) is 3. The van der Waals surface area contributed by atoms with Gasteiger partial charge in [0.15, 0.2) is 0 Å². The van der Waals surface area contributed by atoms with E-state index in [0.29, 0.717) is 6.54 Å². The lowest BCUT2D eigenvalue weighted by Gasteiger charge is -2.35. The fourth-order valence-electron chi connectivity index (χ4n) is 3.73. The maximum atomic E-state index is 13.3. The molecule has 0 bridgehead atoms. The molecule has 0 spiro atoms. The molecule has 0 radical (unpaired) electrons. The van der Waals surface area contributed by atoms with Gasteiger partial charge in [0.25, 0.3) is 0 Å². The molecule has 1 aromatic carbocycles. The summed E-state index contributed by atoms with van der Waals surface area (Å²) in [4.78, 5) is 34.3. The molecule has 1 aliphatic rings. The average Bonchev–Trinajstić information content (AvgIpc) is 3.28. The van der Waals surface area contributed by atoms with Crippen LogP contribution in [-0.4, -0.2) is 45.7 Å². The lowest BCUT2D eigenvalue weighted by Crippen LogP contribution is -2.52. The number of rotatable bonds is 7. The highest BCUT2D eigenvalue weighted by Crippen LogP contribution is 2.21. The first-order valence-electron chi connectivity index (χ1n) is 10.3. The summed E-state index contributed by atoms with van der Waals surface area (Å²) in [6, 6.07) is 13.0. The Morgan fingerprint density at radius 2 is 1.83 bits per heavy atom. The summed E-state index contributed by atoms with van der Waals surface area (Å²) in [6.45, 7) is 5.91. The number of likely N-dealkylation sites (tertiary alicyclic amines) is 1. The number of benzene rings is 1. The second-order valence-corrected chi connectivity index (χ2v) is 7.79. The van der Waals surface area contributed by atoms with E-state index in [1.54, 1.807) is 29.4 Å². The molecule has 3 rings (SSSR count). The number of hydrogen-bond acceptors (Lipinski definition) is 3. The van der Waals surface area contributed by atoms with Crippen LogP contribution in [0, 0.1) is 5.92 Å². The third kappa shape index (κ3) is 5.53. The molecule has 152 valence electrons. The Balaban J connectivity index is 1.88. The van der Waals surface area contributed by atoms with Crippen molar-refractivity contribution in [1.82, 2.24) is 14.8 Å². The molecule has 1 aliphatic heterocycles. The third-order valence-corrected chi connectivity index (χ3v) is 5.21. The second-order valence-electron chi connectivity index (χ2n) is 7.79. The first kappa shape index (κ1) is 20.8. The molecule has 29 heavy (non-hydrogen) atoms. The molecular formula is C24H29N3O2. The van der Waals surface area contributed by atoms with Crippen LogP contribution in [0.1, 0.15) is 37.8 Å². The number of pyridine rings is 1. The van der Waals surface area contributed by atoms with Crippen molar-refractivity contribution in [2.45, 2.75) is 39.3 Å². The predicted molar refractivity (Wildman–Crippen MR) is 115 cm³/mol. The van der Waals surface area contributed by atoms with Crippen LogP contribution >= 0.6 is 0 Å². The Morgan fingerprint density at radius 1 is 1.10 bits per heavy atom. The normalized spacial score (nSPS) is 15.1. The molecule has 5 heteroatoms. The van der Waals surface area contributed by atoms with Gasteiger partial charge in [-0.2, -0.15) is 0 Å². The lowest BCUT2D eigenvalue weighted by atomic mass is 9.99. The van der Waals surface area contributed by atoms with E-state index in [9.17, 15) is 9.59 Å². The highest BCUT2D eigenvalue weighted by molar-refractivity contribution is 5.95. The average molecular weight is 392 g/mol. The fourth-order valence-corrected chi connectivity index (χ4v) is 3.73. The van der Waals surface area contributed by atoms with Crippen molar-refractivity contribution in [3.63, 3.8) is 0 Å². The number of amides is 2.